The zero-order valence-corrected chi connectivity index (χ0v) is 13.5. The molecule has 3 heterocycles. The van der Waals surface area contributed by atoms with E-state index in [2.05, 4.69) is 46.1 Å². The van der Waals surface area contributed by atoms with E-state index in [4.69, 9.17) is 5.73 Å². The molecule has 2 aromatic rings. The summed E-state index contributed by atoms with van der Waals surface area (Å²) in [5, 5.41) is 4.30. The first-order chi connectivity index (χ1) is 10.5. The minimum atomic E-state index is 0.365. The zero-order chi connectivity index (χ0) is 15.7. The average Bonchev–Trinajstić information content (AvgIpc) is 2.49. The fraction of sp³-hybridized carbons (Fsp3) is 0.562. The lowest BCUT2D eigenvalue weighted by Crippen LogP contribution is -2.37. The third kappa shape index (κ3) is 2.97. The van der Waals surface area contributed by atoms with Gasteiger partial charge in [0.05, 0.1) is 5.39 Å². The van der Waals surface area contributed by atoms with Crippen LogP contribution in [0.1, 0.15) is 38.2 Å². The fourth-order valence-electron chi connectivity index (χ4n) is 2.99. The van der Waals surface area contributed by atoms with Gasteiger partial charge in [0.1, 0.15) is 5.82 Å². The molecule has 3 N–H and O–H groups in total. The third-order valence-electron chi connectivity index (χ3n) is 4.33. The van der Waals surface area contributed by atoms with Crippen molar-refractivity contribution in [2.24, 2.45) is 0 Å². The van der Waals surface area contributed by atoms with Gasteiger partial charge in [-0.15, -0.1) is 0 Å². The van der Waals surface area contributed by atoms with Gasteiger partial charge in [-0.05, 0) is 50.5 Å². The van der Waals surface area contributed by atoms with Gasteiger partial charge < -0.3 is 16.0 Å². The average molecular weight is 300 g/mol. The molecule has 0 spiro atoms. The molecule has 1 fully saturated rings. The second-order valence-corrected chi connectivity index (χ2v) is 6.41. The van der Waals surface area contributed by atoms with Gasteiger partial charge in [-0.3, -0.25) is 0 Å². The first-order valence-corrected chi connectivity index (χ1v) is 7.92. The van der Waals surface area contributed by atoms with Crippen molar-refractivity contribution >= 4 is 22.8 Å². The van der Waals surface area contributed by atoms with E-state index in [1.165, 1.54) is 0 Å². The molecular weight excluding hydrogens is 276 g/mol. The molecule has 0 atom stereocenters. The molecule has 0 radical (unpaired) electrons. The number of nitrogens with two attached hydrogens (primary N) is 1. The van der Waals surface area contributed by atoms with E-state index in [9.17, 15) is 0 Å². The Balaban J connectivity index is 1.89. The van der Waals surface area contributed by atoms with Crippen molar-refractivity contribution < 1.29 is 0 Å². The number of pyridine rings is 1. The maximum atomic E-state index is 6.18. The summed E-state index contributed by atoms with van der Waals surface area (Å²) in [6.45, 7) is 6.46. The normalized spacial score (nSPS) is 17.3. The van der Waals surface area contributed by atoms with E-state index in [1.807, 2.05) is 6.07 Å². The first-order valence-electron chi connectivity index (χ1n) is 7.92. The maximum absolute atomic E-state index is 6.18. The predicted octanol–water partition coefficient (Wildman–Crippen LogP) is 2.24. The third-order valence-corrected chi connectivity index (χ3v) is 4.33. The summed E-state index contributed by atoms with van der Waals surface area (Å²) in [6.07, 6.45) is 3.98. The highest BCUT2D eigenvalue weighted by atomic mass is 15.2. The molecule has 1 saturated heterocycles. The molecule has 22 heavy (non-hydrogen) atoms. The second-order valence-electron chi connectivity index (χ2n) is 6.41. The number of hydrogen-bond donors (Lipinski definition) is 2. The Morgan fingerprint density at radius 1 is 1.27 bits per heavy atom. The second kappa shape index (κ2) is 6.04. The van der Waals surface area contributed by atoms with E-state index < -0.39 is 0 Å². The number of rotatable bonds is 3. The van der Waals surface area contributed by atoms with E-state index in [0.29, 0.717) is 29.4 Å². The SMILES string of the molecule is CC(C)c1ccnc2nc(NC3CCN(C)CC3)nc(N)c12. The topological polar surface area (TPSA) is 80.0 Å². The molecule has 2 aromatic heterocycles. The number of hydrogen-bond acceptors (Lipinski definition) is 6. The predicted molar refractivity (Wildman–Crippen MR) is 90.0 cm³/mol. The van der Waals surface area contributed by atoms with Crippen molar-refractivity contribution in [2.45, 2.75) is 38.6 Å². The molecule has 6 nitrogen and oxygen atoms in total. The van der Waals surface area contributed by atoms with Crippen molar-refractivity contribution in [2.75, 3.05) is 31.2 Å². The lowest BCUT2D eigenvalue weighted by atomic mass is 10.0. The monoisotopic (exact) mass is 300 g/mol. The zero-order valence-electron chi connectivity index (χ0n) is 13.5. The van der Waals surface area contributed by atoms with Gasteiger partial charge in [0.15, 0.2) is 5.65 Å². The molecular formula is C16H24N6. The maximum Gasteiger partial charge on any atom is 0.226 e. The number of aromatic nitrogens is 3. The minimum Gasteiger partial charge on any atom is -0.383 e. The Hall–Kier alpha value is -1.95. The Morgan fingerprint density at radius 3 is 2.68 bits per heavy atom. The number of likely N-dealkylation sites (tertiary alicyclic amines) is 1. The minimum absolute atomic E-state index is 0.365. The van der Waals surface area contributed by atoms with Crippen LogP contribution in [0.25, 0.3) is 11.0 Å². The number of nitrogen functional groups attached to an aromatic ring is 1. The standard InChI is InChI=1S/C16H24N6/c1-10(2)12-4-7-18-15-13(12)14(17)20-16(21-15)19-11-5-8-22(3)9-6-11/h4,7,10-11H,5-6,8-9H2,1-3H3,(H3,17,18,19,20,21). The van der Waals surface area contributed by atoms with Crippen LogP contribution < -0.4 is 11.1 Å². The van der Waals surface area contributed by atoms with Crippen LogP contribution in [0, 0.1) is 0 Å². The van der Waals surface area contributed by atoms with Crippen molar-refractivity contribution in [3.05, 3.63) is 17.8 Å². The van der Waals surface area contributed by atoms with Gasteiger partial charge in [0.25, 0.3) is 0 Å². The van der Waals surface area contributed by atoms with Crippen molar-refractivity contribution in [1.29, 1.82) is 0 Å². The number of piperidine rings is 1. The quantitative estimate of drug-likeness (QED) is 0.905. The Labute approximate surface area is 131 Å². The Morgan fingerprint density at radius 2 is 2.00 bits per heavy atom. The van der Waals surface area contributed by atoms with Gasteiger partial charge in [0.2, 0.25) is 5.95 Å². The molecule has 3 rings (SSSR count). The van der Waals surface area contributed by atoms with Crippen LogP contribution in [0.2, 0.25) is 0 Å². The highest BCUT2D eigenvalue weighted by Gasteiger charge is 2.19. The van der Waals surface area contributed by atoms with Gasteiger partial charge in [-0.25, -0.2) is 4.98 Å². The molecule has 0 amide bonds. The summed E-state index contributed by atoms with van der Waals surface area (Å²) in [7, 11) is 2.15. The van der Waals surface area contributed by atoms with Gasteiger partial charge >= 0.3 is 0 Å². The van der Waals surface area contributed by atoms with Crippen LogP contribution in [0.15, 0.2) is 12.3 Å². The van der Waals surface area contributed by atoms with Crippen LogP contribution in [0.5, 0.6) is 0 Å². The number of fused-ring (bicyclic) bond motifs is 1. The van der Waals surface area contributed by atoms with E-state index >= 15 is 0 Å². The number of nitrogens with one attached hydrogen (secondary N) is 1. The largest absolute Gasteiger partial charge is 0.383 e. The van der Waals surface area contributed by atoms with Gasteiger partial charge in [0, 0.05) is 12.2 Å². The fourth-order valence-corrected chi connectivity index (χ4v) is 2.99. The molecule has 6 heteroatoms. The van der Waals surface area contributed by atoms with E-state index in [-0.39, 0.29) is 0 Å². The Bertz CT molecular complexity index is 661. The van der Waals surface area contributed by atoms with E-state index in [1.54, 1.807) is 6.20 Å². The van der Waals surface area contributed by atoms with Crippen molar-refractivity contribution in [1.82, 2.24) is 19.9 Å². The summed E-state index contributed by atoms with van der Waals surface area (Å²) < 4.78 is 0. The molecule has 0 saturated carbocycles. The highest BCUT2D eigenvalue weighted by molar-refractivity contribution is 5.89. The van der Waals surface area contributed by atoms with Crippen LogP contribution >= 0.6 is 0 Å². The molecule has 0 bridgehead atoms. The van der Waals surface area contributed by atoms with Crippen LogP contribution in [-0.4, -0.2) is 46.0 Å². The van der Waals surface area contributed by atoms with Gasteiger partial charge in [-0.1, -0.05) is 13.8 Å². The van der Waals surface area contributed by atoms with Gasteiger partial charge in [-0.2, -0.15) is 9.97 Å². The summed E-state index contributed by atoms with van der Waals surface area (Å²) in [4.78, 5) is 15.7. The van der Waals surface area contributed by atoms with Crippen molar-refractivity contribution in [3.8, 4) is 0 Å². The number of anilines is 2. The smallest absolute Gasteiger partial charge is 0.226 e. The van der Waals surface area contributed by atoms with Crippen LogP contribution in [0.4, 0.5) is 11.8 Å². The molecule has 118 valence electrons. The molecule has 1 aliphatic rings. The first kappa shape index (κ1) is 15.0. The summed E-state index contributed by atoms with van der Waals surface area (Å²) in [5.41, 5.74) is 8.01. The summed E-state index contributed by atoms with van der Waals surface area (Å²) >= 11 is 0. The highest BCUT2D eigenvalue weighted by Crippen LogP contribution is 2.27. The molecule has 0 unspecified atom stereocenters. The van der Waals surface area contributed by atoms with Crippen molar-refractivity contribution in [3.63, 3.8) is 0 Å². The summed E-state index contributed by atoms with van der Waals surface area (Å²) in [6, 6.07) is 2.40. The van der Waals surface area contributed by atoms with E-state index in [0.717, 1.165) is 36.9 Å². The molecule has 0 aliphatic carbocycles. The summed E-state index contributed by atoms with van der Waals surface area (Å²) in [5.74, 6) is 1.47. The van der Waals surface area contributed by atoms with Crippen LogP contribution in [-0.2, 0) is 0 Å². The van der Waals surface area contributed by atoms with Crippen LogP contribution in [0.3, 0.4) is 0 Å². The lowest BCUT2D eigenvalue weighted by molar-refractivity contribution is 0.263. The molecule has 0 aromatic carbocycles. The Kier molecular flexibility index (Phi) is 4.11. The number of nitrogens with zero attached hydrogens (tertiary/aromatic N) is 4. The molecule has 1 aliphatic heterocycles. The lowest BCUT2D eigenvalue weighted by Gasteiger charge is -2.29.